The Balaban J connectivity index is 2.46. The standard InChI is InChI=1S/C14H8BrNOS/c15-11-7-5-10(6-8-11)14(17)12-3-1-2-4-13(12)16-9-18/h1-8H. The van der Waals surface area contributed by atoms with E-state index in [9.17, 15) is 4.79 Å². The number of carbonyl (C=O) groups is 1. The van der Waals surface area contributed by atoms with Crippen LogP contribution in [0.5, 0.6) is 0 Å². The zero-order valence-electron chi connectivity index (χ0n) is 9.26. The third-order valence-corrected chi connectivity index (χ3v) is 3.04. The van der Waals surface area contributed by atoms with E-state index in [-0.39, 0.29) is 5.78 Å². The lowest BCUT2D eigenvalue weighted by molar-refractivity contribution is 0.103. The van der Waals surface area contributed by atoms with Crippen molar-refractivity contribution in [3.05, 3.63) is 64.1 Å². The van der Waals surface area contributed by atoms with Crippen molar-refractivity contribution in [2.45, 2.75) is 0 Å². The van der Waals surface area contributed by atoms with Crippen LogP contribution >= 0.6 is 28.1 Å². The fraction of sp³-hybridized carbons (Fsp3) is 0. The first-order valence-corrected chi connectivity index (χ1v) is 6.39. The molecule has 0 bridgehead atoms. The van der Waals surface area contributed by atoms with Gasteiger partial charge in [-0.3, -0.25) is 4.79 Å². The predicted octanol–water partition coefficient (Wildman–Crippen LogP) is 4.41. The van der Waals surface area contributed by atoms with Crippen molar-refractivity contribution in [3.63, 3.8) is 0 Å². The summed E-state index contributed by atoms with van der Waals surface area (Å²) < 4.78 is 0.934. The number of carbonyl (C=O) groups excluding carboxylic acids is 1. The van der Waals surface area contributed by atoms with Gasteiger partial charge in [0.25, 0.3) is 0 Å². The summed E-state index contributed by atoms with van der Waals surface area (Å²) >= 11 is 7.92. The molecule has 0 unspecified atom stereocenters. The van der Waals surface area contributed by atoms with Crippen LogP contribution in [-0.4, -0.2) is 10.9 Å². The van der Waals surface area contributed by atoms with Gasteiger partial charge in [0, 0.05) is 15.6 Å². The molecule has 0 spiro atoms. The van der Waals surface area contributed by atoms with Gasteiger partial charge in [-0.1, -0.05) is 28.1 Å². The number of hydrogen-bond donors (Lipinski definition) is 0. The zero-order valence-corrected chi connectivity index (χ0v) is 11.7. The SMILES string of the molecule is O=C(c1ccc(Br)cc1)c1ccccc1N=C=S. The number of isothiocyanates is 1. The van der Waals surface area contributed by atoms with Gasteiger partial charge < -0.3 is 0 Å². The van der Waals surface area contributed by atoms with Crippen molar-refractivity contribution < 1.29 is 4.79 Å². The molecular weight excluding hydrogens is 310 g/mol. The van der Waals surface area contributed by atoms with Crippen LogP contribution in [0, 0.1) is 0 Å². The van der Waals surface area contributed by atoms with Crippen molar-refractivity contribution in [2.75, 3.05) is 0 Å². The smallest absolute Gasteiger partial charge is 0.195 e. The Morgan fingerprint density at radius 2 is 1.78 bits per heavy atom. The van der Waals surface area contributed by atoms with E-state index >= 15 is 0 Å². The Kier molecular flexibility index (Phi) is 4.15. The Morgan fingerprint density at radius 3 is 2.44 bits per heavy atom. The molecule has 0 saturated heterocycles. The van der Waals surface area contributed by atoms with Crippen LogP contribution in [0.15, 0.2) is 58.0 Å². The number of rotatable bonds is 3. The molecule has 88 valence electrons. The molecule has 4 heteroatoms. The van der Waals surface area contributed by atoms with Gasteiger partial charge in [0.05, 0.1) is 10.8 Å². The second-order valence-corrected chi connectivity index (χ2v) is 4.65. The molecule has 0 atom stereocenters. The van der Waals surface area contributed by atoms with Crippen molar-refractivity contribution in [3.8, 4) is 0 Å². The molecule has 2 rings (SSSR count). The zero-order chi connectivity index (χ0) is 13.0. The van der Waals surface area contributed by atoms with Crippen LogP contribution in [0.2, 0.25) is 0 Å². The van der Waals surface area contributed by atoms with Gasteiger partial charge in [0.2, 0.25) is 0 Å². The quantitative estimate of drug-likeness (QED) is 0.476. The molecular formula is C14H8BrNOS. The maximum Gasteiger partial charge on any atom is 0.195 e. The minimum atomic E-state index is -0.0768. The first-order valence-electron chi connectivity index (χ1n) is 5.19. The predicted molar refractivity (Wildman–Crippen MR) is 78.7 cm³/mol. The van der Waals surface area contributed by atoms with E-state index < -0.39 is 0 Å². The highest BCUT2D eigenvalue weighted by molar-refractivity contribution is 9.10. The number of benzene rings is 2. The normalized spacial score (nSPS) is 9.61. The summed E-state index contributed by atoms with van der Waals surface area (Å²) in [7, 11) is 0. The summed E-state index contributed by atoms with van der Waals surface area (Å²) in [6, 6.07) is 14.3. The Hall–Kier alpha value is -1.61. The van der Waals surface area contributed by atoms with Gasteiger partial charge in [-0.2, -0.15) is 4.99 Å². The molecule has 0 heterocycles. The minimum absolute atomic E-state index is 0.0768. The van der Waals surface area contributed by atoms with Crippen molar-refractivity contribution in [1.82, 2.24) is 0 Å². The van der Waals surface area contributed by atoms with E-state index in [1.165, 1.54) is 0 Å². The lowest BCUT2D eigenvalue weighted by Crippen LogP contribution is -2.01. The van der Waals surface area contributed by atoms with Crippen molar-refractivity contribution in [2.24, 2.45) is 4.99 Å². The highest BCUT2D eigenvalue weighted by Gasteiger charge is 2.12. The molecule has 0 fully saturated rings. The van der Waals surface area contributed by atoms with Gasteiger partial charge in [-0.05, 0) is 48.6 Å². The van der Waals surface area contributed by atoms with Crippen molar-refractivity contribution in [1.29, 1.82) is 0 Å². The highest BCUT2D eigenvalue weighted by Crippen LogP contribution is 2.22. The largest absolute Gasteiger partial charge is 0.289 e. The van der Waals surface area contributed by atoms with Crippen LogP contribution in [-0.2, 0) is 0 Å². The molecule has 0 radical (unpaired) electrons. The minimum Gasteiger partial charge on any atom is -0.289 e. The third kappa shape index (κ3) is 2.79. The first kappa shape index (κ1) is 12.8. The monoisotopic (exact) mass is 317 g/mol. The summed E-state index contributed by atoms with van der Waals surface area (Å²) in [5, 5.41) is 2.29. The van der Waals surface area contributed by atoms with Gasteiger partial charge in [-0.15, -0.1) is 0 Å². The summed E-state index contributed by atoms with van der Waals surface area (Å²) in [5.74, 6) is -0.0768. The van der Waals surface area contributed by atoms with E-state index in [1.54, 1.807) is 30.3 Å². The maximum absolute atomic E-state index is 12.3. The second kappa shape index (κ2) is 5.83. The molecule has 2 nitrogen and oxygen atoms in total. The number of aliphatic imine (C=N–C) groups is 1. The molecule has 0 N–H and O–H groups in total. The Morgan fingerprint density at radius 1 is 1.11 bits per heavy atom. The Labute approximate surface area is 119 Å². The molecule has 2 aromatic carbocycles. The van der Waals surface area contributed by atoms with Crippen LogP contribution in [0.25, 0.3) is 0 Å². The molecule has 0 aliphatic rings. The fourth-order valence-corrected chi connectivity index (χ4v) is 1.93. The number of nitrogens with zero attached hydrogens (tertiary/aromatic N) is 1. The van der Waals surface area contributed by atoms with Crippen LogP contribution < -0.4 is 0 Å². The van der Waals surface area contributed by atoms with E-state index in [1.807, 2.05) is 18.2 Å². The number of ketones is 1. The molecule has 0 aromatic heterocycles. The molecule has 0 aliphatic heterocycles. The summed E-state index contributed by atoms with van der Waals surface area (Å²) in [6.45, 7) is 0. The molecule has 2 aromatic rings. The Bertz CT molecular complexity index is 630. The summed E-state index contributed by atoms with van der Waals surface area (Å²) in [4.78, 5) is 16.2. The summed E-state index contributed by atoms with van der Waals surface area (Å²) in [6.07, 6.45) is 0. The van der Waals surface area contributed by atoms with E-state index in [2.05, 4.69) is 38.3 Å². The number of para-hydroxylation sites is 1. The van der Waals surface area contributed by atoms with Crippen LogP contribution in [0.1, 0.15) is 15.9 Å². The van der Waals surface area contributed by atoms with Gasteiger partial charge >= 0.3 is 0 Å². The topological polar surface area (TPSA) is 29.4 Å². The molecule has 0 saturated carbocycles. The van der Waals surface area contributed by atoms with Crippen LogP contribution in [0.3, 0.4) is 0 Å². The molecule has 0 amide bonds. The average molecular weight is 318 g/mol. The summed E-state index contributed by atoms with van der Waals surface area (Å²) in [5.41, 5.74) is 1.68. The van der Waals surface area contributed by atoms with Gasteiger partial charge in [0.1, 0.15) is 0 Å². The maximum atomic E-state index is 12.3. The highest BCUT2D eigenvalue weighted by atomic mass is 79.9. The first-order chi connectivity index (χ1) is 8.72. The molecule has 0 aliphatic carbocycles. The van der Waals surface area contributed by atoms with E-state index in [4.69, 9.17) is 0 Å². The van der Waals surface area contributed by atoms with E-state index in [0.29, 0.717) is 16.8 Å². The number of thiocarbonyl (C=S) groups is 1. The van der Waals surface area contributed by atoms with Gasteiger partial charge in [0.15, 0.2) is 5.78 Å². The van der Waals surface area contributed by atoms with Gasteiger partial charge in [-0.25, -0.2) is 0 Å². The fourth-order valence-electron chi connectivity index (χ4n) is 1.57. The molecule has 18 heavy (non-hydrogen) atoms. The lowest BCUT2D eigenvalue weighted by atomic mass is 10.0. The number of hydrogen-bond acceptors (Lipinski definition) is 3. The third-order valence-electron chi connectivity index (χ3n) is 2.42. The average Bonchev–Trinajstić information content (AvgIpc) is 2.40. The second-order valence-electron chi connectivity index (χ2n) is 3.56. The number of halogens is 1. The van der Waals surface area contributed by atoms with Crippen molar-refractivity contribution >= 4 is 44.8 Å². The lowest BCUT2D eigenvalue weighted by Gasteiger charge is -2.04. The van der Waals surface area contributed by atoms with E-state index in [0.717, 1.165) is 4.47 Å². The van der Waals surface area contributed by atoms with Crippen LogP contribution in [0.4, 0.5) is 5.69 Å².